The van der Waals surface area contributed by atoms with E-state index in [-0.39, 0.29) is 29.3 Å². The Bertz CT molecular complexity index is 1400. The summed E-state index contributed by atoms with van der Waals surface area (Å²) < 4.78 is 29.1. The van der Waals surface area contributed by atoms with Crippen molar-refractivity contribution >= 4 is 23.2 Å². The van der Waals surface area contributed by atoms with Gasteiger partial charge in [0.25, 0.3) is 5.91 Å². The molecule has 6 rings (SSSR count). The predicted molar refractivity (Wildman–Crippen MR) is 157 cm³/mol. The zero-order chi connectivity index (χ0) is 28.5. The van der Waals surface area contributed by atoms with Crippen LogP contribution in [0.15, 0.2) is 66.7 Å². The number of hydrogen-bond acceptors (Lipinski definition) is 3. The van der Waals surface area contributed by atoms with Crippen LogP contribution >= 0.6 is 0 Å². The molecule has 1 saturated heterocycles. The monoisotopic (exact) mass is 557 g/mol. The zero-order valence-corrected chi connectivity index (χ0v) is 23.4. The largest absolute Gasteiger partial charge is 0.382 e. The van der Waals surface area contributed by atoms with Crippen LogP contribution in [0.4, 0.5) is 20.2 Å². The number of anilines is 2. The van der Waals surface area contributed by atoms with Gasteiger partial charge in [-0.15, -0.1) is 0 Å². The summed E-state index contributed by atoms with van der Waals surface area (Å²) in [4.78, 5) is 30.1. The Morgan fingerprint density at radius 2 is 1.61 bits per heavy atom. The van der Waals surface area contributed by atoms with E-state index in [1.54, 1.807) is 31.2 Å². The molecule has 3 aliphatic rings. The third-order valence-corrected chi connectivity index (χ3v) is 9.29. The first-order chi connectivity index (χ1) is 19.9. The third-order valence-electron chi connectivity index (χ3n) is 9.29. The first-order valence-corrected chi connectivity index (χ1v) is 14.9. The van der Waals surface area contributed by atoms with Crippen molar-refractivity contribution in [1.82, 2.24) is 4.90 Å². The number of aryl methyl sites for hydroxylation is 1. The van der Waals surface area contributed by atoms with Crippen LogP contribution < -0.4 is 10.6 Å². The lowest BCUT2D eigenvalue weighted by atomic mass is 9.76. The number of carbonyl (C=O) groups excluding carboxylic acids is 2. The van der Waals surface area contributed by atoms with Gasteiger partial charge in [-0.25, -0.2) is 8.78 Å². The van der Waals surface area contributed by atoms with Crippen molar-refractivity contribution in [2.75, 3.05) is 10.6 Å². The molecular weight excluding hydrogens is 520 g/mol. The van der Waals surface area contributed by atoms with Crippen LogP contribution in [0.3, 0.4) is 0 Å². The molecule has 2 amide bonds. The molecule has 3 fully saturated rings. The summed E-state index contributed by atoms with van der Waals surface area (Å²) in [5.41, 5.74) is 2.87. The van der Waals surface area contributed by atoms with Gasteiger partial charge in [0.1, 0.15) is 11.6 Å². The highest BCUT2D eigenvalue weighted by atomic mass is 19.1. The maximum Gasteiger partial charge on any atom is 0.257 e. The molecule has 2 saturated carbocycles. The van der Waals surface area contributed by atoms with E-state index in [4.69, 9.17) is 0 Å². The van der Waals surface area contributed by atoms with Crippen LogP contribution in [0, 0.1) is 30.4 Å². The van der Waals surface area contributed by atoms with Crippen molar-refractivity contribution in [3.05, 3.63) is 95.1 Å². The number of benzene rings is 3. The first-order valence-electron chi connectivity index (χ1n) is 14.9. The molecule has 2 unspecified atom stereocenters. The number of fused-ring (bicyclic) bond motifs is 1. The molecule has 5 nitrogen and oxygen atoms in total. The van der Waals surface area contributed by atoms with Crippen LogP contribution in [-0.2, 0) is 4.79 Å². The Labute approximate surface area is 240 Å². The standard InChI is InChI=1S/C34H37F2N3O2/c1-21-7-4-13-29(36)31(21)34(41)39-30-14-5-8-23(30)19-28(33(40)38-27-12-6-9-24(35)20-27)32(39)22-15-17-26(18-16-22)37-25-10-2-3-11-25/h4,6-7,9,12-13,15-18,20,23,25,28,30,32,37H,2-3,5,8,10-11,14,19H2,1H3,(H,38,40)/t23-,28?,30-,32?/m0/s1. The van der Waals surface area contributed by atoms with E-state index in [0.29, 0.717) is 23.7 Å². The van der Waals surface area contributed by atoms with Gasteiger partial charge in [0.2, 0.25) is 5.91 Å². The molecular formula is C34H37F2N3O2. The molecule has 3 aromatic carbocycles. The average Bonchev–Trinajstić information content (AvgIpc) is 3.64. The minimum absolute atomic E-state index is 0.0638. The minimum Gasteiger partial charge on any atom is -0.382 e. The number of nitrogens with one attached hydrogen (secondary N) is 2. The summed E-state index contributed by atoms with van der Waals surface area (Å²) in [6.07, 6.45) is 8.05. The van der Waals surface area contributed by atoms with E-state index in [1.165, 1.54) is 31.0 Å². The van der Waals surface area contributed by atoms with Crippen LogP contribution in [0.5, 0.6) is 0 Å². The highest BCUT2D eigenvalue weighted by Crippen LogP contribution is 2.49. The number of nitrogens with zero attached hydrogens (tertiary/aromatic N) is 1. The van der Waals surface area contributed by atoms with Crippen molar-refractivity contribution < 1.29 is 18.4 Å². The Balaban J connectivity index is 1.40. The second-order valence-corrected chi connectivity index (χ2v) is 11.9. The van der Waals surface area contributed by atoms with Gasteiger partial charge in [-0.2, -0.15) is 0 Å². The smallest absolute Gasteiger partial charge is 0.257 e. The van der Waals surface area contributed by atoms with Crippen molar-refractivity contribution in [3.63, 3.8) is 0 Å². The quantitative estimate of drug-likeness (QED) is 0.327. The molecule has 1 heterocycles. The van der Waals surface area contributed by atoms with Crippen molar-refractivity contribution in [2.24, 2.45) is 11.8 Å². The summed E-state index contributed by atoms with van der Waals surface area (Å²) in [5.74, 6) is -2.07. The summed E-state index contributed by atoms with van der Waals surface area (Å²) in [5, 5.41) is 6.52. The van der Waals surface area contributed by atoms with Gasteiger partial charge in [0.05, 0.1) is 17.5 Å². The summed E-state index contributed by atoms with van der Waals surface area (Å²) >= 11 is 0. The van der Waals surface area contributed by atoms with Crippen LogP contribution in [0.2, 0.25) is 0 Å². The van der Waals surface area contributed by atoms with Crippen molar-refractivity contribution in [2.45, 2.75) is 76.4 Å². The molecule has 4 atom stereocenters. The second kappa shape index (κ2) is 11.6. The molecule has 3 aromatic rings. The third kappa shape index (κ3) is 5.59. The average molecular weight is 558 g/mol. The van der Waals surface area contributed by atoms with E-state index >= 15 is 4.39 Å². The van der Waals surface area contributed by atoms with Gasteiger partial charge < -0.3 is 15.5 Å². The van der Waals surface area contributed by atoms with Gasteiger partial charge in [-0.1, -0.05) is 49.6 Å². The number of amides is 2. The van der Waals surface area contributed by atoms with E-state index < -0.39 is 23.6 Å². The summed E-state index contributed by atoms with van der Waals surface area (Å²) in [7, 11) is 0. The van der Waals surface area contributed by atoms with Crippen LogP contribution in [0.1, 0.15) is 78.9 Å². The van der Waals surface area contributed by atoms with Gasteiger partial charge >= 0.3 is 0 Å². The number of hydrogen-bond donors (Lipinski definition) is 2. The normalized spacial score (nSPS) is 24.2. The fourth-order valence-electron chi connectivity index (χ4n) is 7.35. The Kier molecular flexibility index (Phi) is 7.78. The van der Waals surface area contributed by atoms with Gasteiger partial charge in [0, 0.05) is 23.5 Å². The van der Waals surface area contributed by atoms with E-state index in [9.17, 15) is 14.0 Å². The summed E-state index contributed by atoms with van der Waals surface area (Å²) in [6.45, 7) is 1.75. The molecule has 0 aromatic heterocycles. The molecule has 0 spiro atoms. The Morgan fingerprint density at radius 3 is 2.34 bits per heavy atom. The lowest BCUT2D eigenvalue weighted by molar-refractivity contribution is -0.125. The van der Waals surface area contributed by atoms with Gasteiger partial charge in [-0.3, -0.25) is 9.59 Å². The zero-order valence-electron chi connectivity index (χ0n) is 23.4. The van der Waals surface area contributed by atoms with E-state index in [0.717, 1.165) is 43.4 Å². The van der Waals surface area contributed by atoms with E-state index in [1.807, 2.05) is 29.2 Å². The Hall–Kier alpha value is -3.74. The van der Waals surface area contributed by atoms with Crippen LogP contribution in [0.25, 0.3) is 0 Å². The topological polar surface area (TPSA) is 61.4 Å². The fourth-order valence-corrected chi connectivity index (χ4v) is 7.35. The summed E-state index contributed by atoms with van der Waals surface area (Å²) in [6, 6.07) is 18.3. The molecule has 2 N–H and O–H groups in total. The maximum atomic E-state index is 15.2. The molecule has 7 heteroatoms. The number of likely N-dealkylation sites (tertiary alicyclic amines) is 1. The first kappa shape index (κ1) is 27.4. The molecule has 2 aliphatic carbocycles. The lowest BCUT2D eigenvalue weighted by Crippen LogP contribution is -2.54. The number of rotatable bonds is 6. The molecule has 1 aliphatic heterocycles. The molecule has 214 valence electrons. The Morgan fingerprint density at radius 1 is 0.854 bits per heavy atom. The molecule has 41 heavy (non-hydrogen) atoms. The number of halogens is 2. The van der Waals surface area contributed by atoms with Crippen LogP contribution in [-0.4, -0.2) is 28.8 Å². The molecule has 0 radical (unpaired) electrons. The highest BCUT2D eigenvalue weighted by molar-refractivity contribution is 5.98. The SMILES string of the molecule is Cc1cccc(F)c1C(=O)N1C(c2ccc(NC3CCCC3)cc2)C(C(=O)Nc2cccc(F)c2)C[C@@H]2CCC[C@@H]21. The fraction of sp³-hybridized carbons (Fsp3) is 0.412. The highest BCUT2D eigenvalue weighted by Gasteiger charge is 2.50. The van der Waals surface area contributed by atoms with E-state index in [2.05, 4.69) is 10.6 Å². The van der Waals surface area contributed by atoms with Gasteiger partial charge in [-0.05, 0) is 92.5 Å². The number of carbonyl (C=O) groups is 2. The second-order valence-electron chi connectivity index (χ2n) is 11.9. The minimum atomic E-state index is -0.588. The molecule has 0 bridgehead atoms. The van der Waals surface area contributed by atoms with Gasteiger partial charge in [0.15, 0.2) is 0 Å². The maximum absolute atomic E-state index is 15.2. The van der Waals surface area contributed by atoms with Crippen molar-refractivity contribution in [3.8, 4) is 0 Å². The lowest BCUT2D eigenvalue weighted by Gasteiger charge is -2.48. The number of piperidine rings is 1. The van der Waals surface area contributed by atoms with Crippen molar-refractivity contribution in [1.29, 1.82) is 0 Å². The predicted octanol–water partition coefficient (Wildman–Crippen LogP) is 7.64.